The molecule has 2 aromatic rings. The van der Waals surface area contributed by atoms with Gasteiger partial charge in [0.05, 0.1) is 11.8 Å². The van der Waals surface area contributed by atoms with Crippen LogP contribution in [0.5, 0.6) is 0 Å². The van der Waals surface area contributed by atoms with Gasteiger partial charge in [-0.25, -0.2) is 4.98 Å². The molecule has 116 valence electrons. The molecular weight excluding hydrogens is 296 g/mol. The van der Waals surface area contributed by atoms with Gasteiger partial charge in [0.2, 0.25) is 0 Å². The SMILES string of the molecule is CCCc1cc(N2CCC(O)CC2)nc2sc(C#N)c(N)c12. The van der Waals surface area contributed by atoms with Crippen molar-refractivity contribution >= 4 is 33.1 Å². The van der Waals surface area contributed by atoms with E-state index in [9.17, 15) is 10.4 Å². The van der Waals surface area contributed by atoms with Gasteiger partial charge in [0.25, 0.3) is 0 Å². The van der Waals surface area contributed by atoms with E-state index in [2.05, 4.69) is 24.0 Å². The van der Waals surface area contributed by atoms with Crippen LogP contribution < -0.4 is 10.6 Å². The Kier molecular flexibility index (Phi) is 4.19. The molecule has 1 fully saturated rings. The lowest BCUT2D eigenvalue weighted by molar-refractivity contribution is 0.145. The number of nitriles is 1. The van der Waals surface area contributed by atoms with E-state index in [0.29, 0.717) is 10.6 Å². The molecule has 0 spiro atoms. The van der Waals surface area contributed by atoms with Crippen LogP contribution in [-0.4, -0.2) is 29.3 Å². The minimum absolute atomic E-state index is 0.197. The van der Waals surface area contributed by atoms with E-state index in [1.165, 1.54) is 16.9 Å². The molecule has 0 aromatic carbocycles. The van der Waals surface area contributed by atoms with Crippen molar-refractivity contribution in [3.8, 4) is 6.07 Å². The van der Waals surface area contributed by atoms with Gasteiger partial charge in [-0.3, -0.25) is 0 Å². The number of aromatic nitrogens is 1. The van der Waals surface area contributed by atoms with Crippen molar-refractivity contribution < 1.29 is 5.11 Å². The van der Waals surface area contributed by atoms with Crippen LogP contribution in [0.4, 0.5) is 11.5 Å². The molecule has 0 saturated carbocycles. The Balaban J connectivity index is 2.07. The summed E-state index contributed by atoms with van der Waals surface area (Å²) in [5, 5.41) is 19.8. The number of nitrogens with zero attached hydrogens (tertiary/aromatic N) is 3. The zero-order valence-corrected chi connectivity index (χ0v) is 13.5. The van der Waals surface area contributed by atoms with Crippen LogP contribution in [0.3, 0.4) is 0 Å². The summed E-state index contributed by atoms with van der Waals surface area (Å²) < 4.78 is 0. The molecule has 5 nitrogen and oxygen atoms in total. The highest BCUT2D eigenvalue weighted by Gasteiger charge is 2.21. The average molecular weight is 316 g/mol. The van der Waals surface area contributed by atoms with Crippen LogP contribution in [0, 0.1) is 11.3 Å². The summed E-state index contributed by atoms with van der Waals surface area (Å²) in [7, 11) is 0. The molecule has 0 unspecified atom stereocenters. The van der Waals surface area contributed by atoms with Crippen LogP contribution in [0.15, 0.2) is 6.07 Å². The zero-order valence-electron chi connectivity index (χ0n) is 12.7. The molecule has 3 N–H and O–H groups in total. The van der Waals surface area contributed by atoms with Gasteiger partial charge in [-0.1, -0.05) is 13.3 Å². The molecule has 0 aliphatic carbocycles. The Morgan fingerprint density at radius 3 is 2.86 bits per heavy atom. The van der Waals surface area contributed by atoms with Crippen molar-refractivity contribution in [1.82, 2.24) is 4.98 Å². The van der Waals surface area contributed by atoms with E-state index >= 15 is 0 Å². The molecule has 0 bridgehead atoms. The number of nitrogens with two attached hydrogens (primary N) is 1. The number of hydrogen-bond donors (Lipinski definition) is 2. The number of aliphatic hydroxyl groups is 1. The van der Waals surface area contributed by atoms with Crippen molar-refractivity contribution in [2.24, 2.45) is 0 Å². The second kappa shape index (κ2) is 6.11. The molecule has 3 rings (SSSR count). The third kappa shape index (κ3) is 2.62. The highest BCUT2D eigenvalue weighted by Crippen LogP contribution is 2.37. The first-order chi connectivity index (χ1) is 10.6. The molecule has 0 radical (unpaired) electrons. The van der Waals surface area contributed by atoms with Gasteiger partial charge in [0, 0.05) is 18.5 Å². The number of rotatable bonds is 3. The molecule has 2 aromatic heterocycles. The van der Waals surface area contributed by atoms with Crippen molar-refractivity contribution in [1.29, 1.82) is 5.26 Å². The van der Waals surface area contributed by atoms with Crippen molar-refractivity contribution in [2.45, 2.75) is 38.7 Å². The summed E-state index contributed by atoms with van der Waals surface area (Å²) in [6.07, 6.45) is 3.30. The smallest absolute Gasteiger partial charge is 0.130 e. The summed E-state index contributed by atoms with van der Waals surface area (Å²) in [6, 6.07) is 4.27. The Bertz CT molecular complexity index is 726. The fourth-order valence-corrected chi connectivity index (χ4v) is 3.92. The van der Waals surface area contributed by atoms with Gasteiger partial charge in [0.15, 0.2) is 0 Å². The lowest BCUT2D eigenvalue weighted by Crippen LogP contribution is -2.36. The molecule has 22 heavy (non-hydrogen) atoms. The topological polar surface area (TPSA) is 86.2 Å². The van der Waals surface area contributed by atoms with E-state index in [1.54, 1.807) is 0 Å². The van der Waals surface area contributed by atoms with E-state index in [0.717, 1.165) is 54.8 Å². The maximum atomic E-state index is 9.66. The number of aliphatic hydroxyl groups excluding tert-OH is 1. The fourth-order valence-electron chi connectivity index (χ4n) is 2.99. The number of anilines is 2. The molecular formula is C16H20N4OS. The maximum absolute atomic E-state index is 9.66. The first-order valence-electron chi connectivity index (χ1n) is 7.69. The normalized spacial score (nSPS) is 16.1. The average Bonchev–Trinajstić information content (AvgIpc) is 2.85. The number of aryl methyl sites for hydroxylation is 1. The standard InChI is InChI=1S/C16H20N4OS/c1-2-3-10-8-13(20-6-4-11(21)5-7-20)19-16-14(10)15(18)12(9-17)22-16/h8,11,21H,2-7,18H2,1H3. The van der Waals surface area contributed by atoms with Gasteiger partial charge >= 0.3 is 0 Å². The second-order valence-corrected chi connectivity index (χ2v) is 6.74. The lowest BCUT2D eigenvalue weighted by atomic mass is 10.0. The quantitative estimate of drug-likeness (QED) is 0.909. The predicted octanol–water partition coefficient (Wildman–Crippen LogP) is 2.66. The fraction of sp³-hybridized carbons (Fsp3) is 0.500. The molecule has 6 heteroatoms. The highest BCUT2D eigenvalue weighted by molar-refractivity contribution is 7.19. The summed E-state index contributed by atoms with van der Waals surface area (Å²) in [5.74, 6) is 0.939. The molecule has 1 saturated heterocycles. The number of thiophene rings is 1. The van der Waals surface area contributed by atoms with E-state index in [1.807, 2.05) is 0 Å². The van der Waals surface area contributed by atoms with Crippen molar-refractivity contribution in [2.75, 3.05) is 23.7 Å². The van der Waals surface area contributed by atoms with Gasteiger partial charge in [0.1, 0.15) is 21.6 Å². The van der Waals surface area contributed by atoms with Crippen LogP contribution in [0.2, 0.25) is 0 Å². The van der Waals surface area contributed by atoms with Gasteiger partial charge < -0.3 is 15.7 Å². The van der Waals surface area contributed by atoms with E-state index in [4.69, 9.17) is 10.7 Å². The molecule has 0 amide bonds. The molecule has 1 aliphatic heterocycles. The summed E-state index contributed by atoms with van der Waals surface area (Å²) in [5.41, 5.74) is 7.87. The van der Waals surface area contributed by atoms with Gasteiger partial charge in [-0.2, -0.15) is 5.26 Å². The number of pyridine rings is 1. The monoisotopic (exact) mass is 316 g/mol. The molecule has 1 aliphatic rings. The number of fused-ring (bicyclic) bond motifs is 1. The zero-order chi connectivity index (χ0) is 15.7. The van der Waals surface area contributed by atoms with Crippen molar-refractivity contribution in [3.05, 3.63) is 16.5 Å². The van der Waals surface area contributed by atoms with E-state index in [-0.39, 0.29) is 6.10 Å². The van der Waals surface area contributed by atoms with Crippen LogP contribution in [0.25, 0.3) is 10.2 Å². The molecule has 3 heterocycles. The van der Waals surface area contributed by atoms with E-state index < -0.39 is 0 Å². The van der Waals surface area contributed by atoms with Crippen molar-refractivity contribution in [3.63, 3.8) is 0 Å². The number of nitrogen functional groups attached to an aromatic ring is 1. The Labute approximate surface area is 134 Å². The van der Waals surface area contributed by atoms with Gasteiger partial charge in [-0.15, -0.1) is 11.3 Å². The summed E-state index contributed by atoms with van der Waals surface area (Å²) in [4.78, 5) is 8.34. The third-order valence-electron chi connectivity index (χ3n) is 4.18. The Morgan fingerprint density at radius 2 is 2.23 bits per heavy atom. The Morgan fingerprint density at radius 1 is 1.50 bits per heavy atom. The third-order valence-corrected chi connectivity index (χ3v) is 5.18. The first-order valence-corrected chi connectivity index (χ1v) is 8.50. The minimum Gasteiger partial charge on any atom is -0.396 e. The second-order valence-electron chi connectivity index (χ2n) is 5.74. The predicted molar refractivity (Wildman–Crippen MR) is 90.2 cm³/mol. The van der Waals surface area contributed by atoms with Gasteiger partial charge in [-0.05, 0) is 30.9 Å². The van der Waals surface area contributed by atoms with Crippen LogP contribution >= 0.6 is 11.3 Å². The summed E-state index contributed by atoms with van der Waals surface area (Å²) in [6.45, 7) is 3.77. The number of hydrogen-bond acceptors (Lipinski definition) is 6. The van der Waals surface area contributed by atoms with Crippen LogP contribution in [0.1, 0.15) is 36.6 Å². The summed E-state index contributed by atoms with van der Waals surface area (Å²) >= 11 is 1.37. The highest BCUT2D eigenvalue weighted by atomic mass is 32.1. The largest absolute Gasteiger partial charge is 0.396 e. The maximum Gasteiger partial charge on any atom is 0.130 e. The minimum atomic E-state index is -0.197. The van der Waals surface area contributed by atoms with Crippen LogP contribution in [-0.2, 0) is 6.42 Å². The molecule has 0 atom stereocenters. The lowest BCUT2D eigenvalue weighted by Gasteiger charge is -2.30. The Hall–Kier alpha value is -1.84. The number of piperidine rings is 1. The first kappa shape index (κ1) is 15.1.